The largest absolute Gasteiger partial charge is 0.418 e. The summed E-state index contributed by atoms with van der Waals surface area (Å²) in [6, 6.07) is 16.4. The fourth-order valence-electron chi connectivity index (χ4n) is 5.47. The van der Waals surface area contributed by atoms with Crippen molar-refractivity contribution in [1.29, 1.82) is 0 Å². The Morgan fingerprint density at radius 2 is 1.71 bits per heavy atom. The number of halogens is 4. The normalized spacial score (nSPS) is 19.3. The van der Waals surface area contributed by atoms with Crippen LogP contribution in [0, 0.1) is 16.0 Å². The van der Waals surface area contributed by atoms with Gasteiger partial charge in [0.15, 0.2) is 0 Å². The molecule has 45 heavy (non-hydrogen) atoms. The Kier molecular flexibility index (Phi) is 7.91. The molecule has 1 saturated heterocycles. The van der Waals surface area contributed by atoms with Crippen LogP contribution in [0.2, 0.25) is 0 Å². The Morgan fingerprint density at radius 1 is 1.00 bits per heavy atom. The number of para-hydroxylation sites is 1. The first kappa shape index (κ1) is 30.7. The summed E-state index contributed by atoms with van der Waals surface area (Å²) in [6.45, 7) is -0.638. The molecular weight excluding hydrogens is 701 g/mol. The van der Waals surface area contributed by atoms with E-state index < -0.39 is 68.6 Å². The molecule has 3 heterocycles. The lowest BCUT2D eigenvalue weighted by Gasteiger charge is -2.30. The highest BCUT2D eigenvalue weighted by Gasteiger charge is 2.57. The highest BCUT2D eigenvalue weighted by molar-refractivity contribution is 9.10. The number of fused-ring (bicyclic) bond motifs is 2. The van der Waals surface area contributed by atoms with Crippen LogP contribution in [0.5, 0.6) is 0 Å². The maximum atomic E-state index is 13.9. The summed E-state index contributed by atoms with van der Waals surface area (Å²) < 4.78 is 42.3. The second kappa shape index (κ2) is 11.6. The number of nitro groups is 1. The van der Waals surface area contributed by atoms with Crippen molar-refractivity contribution in [2.45, 2.75) is 28.9 Å². The van der Waals surface area contributed by atoms with Gasteiger partial charge >= 0.3 is 11.0 Å². The van der Waals surface area contributed by atoms with E-state index >= 15 is 0 Å². The van der Waals surface area contributed by atoms with Crippen molar-refractivity contribution >= 4 is 73.8 Å². The number of anilines is 2. The number of nitro benzene ring substituents is 1. The van der Waals surface area contributed by atoms with Crippen molar-refractivity contribution in [3.63, 3.8) is 0 Å². The van der Waals surface area contributed by atoms with Gasteiger partial charge in [0.25, 0.3) is 5.69 Å². The molecule has 1 N–H and O–H groups in total. The molecule has 0 spiro atoms. The Hall–Kier alpha value is -4.28. The number of nitrogens with one attached hydrogen (secondary N) is 1. The minimum absolute atomic E-state index is 0.141. The second-order valence-electron chi connectivity index (χ2n) is 10.1. The van der Waals surface area contributed by atoms with Crippen LogP contribution in [0.25, 0.3) is 0 Å². The SMILES string of the molecule is O=C(Cn1c2c(sc1=O)C(c1cccc(Br)c1)C1C(=O)N(c3ccc([N+](=O)[O-])cc3)C(=O)C1S2)Nc1ccccc1C(F)(F)F. The van der Waals surface area contributed by atoms with Crippen LogP contribution in [0.1, 0.15) is 21.9 Å². The van der Waals surface area contributed by atoms with E-state index in [2.05, 4.69) is 21.2 Å². The number of thiazole rings is 1. The van der Waals surface area contributed by atoms with Gasteiger partial charge in [-0.1, -0.05) is 63.3 Å². The molecule has 0 saturated carbocycles. The smallest absolute Gasteiger partial charge is 0.324 e. The fraction of sp³-hybridized carbons (Fsp3) is 0.172. The molecule has 2 aliphatic heterocycles. The van der Waals surface area contributed by atoms with E-state index in [1.54, 1.807) is 24.3 Å². The molecule has 10 nitrogen and oxygen atoms in total. The number of alkyl halides is 3. The van der Waals surface area contributed by atoms with Crippen LogP contribution in [0.3, 0.4) is 0 Å². The zero-order valence-electron chi connectivity index (χ0n) is 22.5. The third-order valence-electron chi connectivity index (χ3n) is 7.38. The van der Waals surface area contributed by atoms with Gasteiger partial charge in [-0.25, -0.2) is 4.90 Å². The molecular formula is C29H18BrF3N4O6S2. The molecule has 0 aliphatic carbocycles. The van der Waals surface area contributed by atoms with Crippen molar-refractivity contribution in [1.82, 2.24) is 4.57 Å². The number of nitrogens with zero attached hydrogens (tertiary/aromatic N) is 3. The zero-order valence-corrected chi connectivity index (χ0v) is 25.7. The summed E-state index contributed by atoms with van der Waals surface area (Å²) in [5.41, 5.74) is -0.987. The summed E-state index contributed by atoms with van der Waals surface area (Å²) in [7, 11) is 0. The summed E-state index contributed by atoms with van der Waals surface area (Å²) in [5.74, 6) is -3.80. The van der Waals surface area contributed by atoms with Crippen LogP contribution in [0.4, 0.5) is 30.2 Å². The Balaban J connectivity index is 1.39. The van der Waals surface area contributed by atoms with Crippen molar-refractivity contribution in [2.75, 3.05) is 10.2 Å². The lowest BCUT2D eigenvalue weighted by Crippen LogP contribution is -2.33. The molecule has 1 aromatic heterocycles. The standard InChI is InChI=1S/C29H18BrF3N4O6S2/c30-15-5-3-4-14(12-15)21-22-23(26(40)36(25(22)39)16-8-10-17(11-9-16)37(42)43)44-27-24(21)45-28(41)35(27)13-20(38)34-19-7-2-1-6-18(19)29(31,32)33/h1-12,21-23H,13H2,(H,34,38). The van der Waals surface area contributed by atoms with Crippen LogP contribution < -0.4 is 15.1 Å². The molecule has 230 valence electrons. The number of carbonyl (C=O) groups excluding carboxylic acids is 3. The number of non-ortho nitro benzene ring substituents is 1. The third kappa shape index (κ3) is 5.57. The Morgan fingerprint density at radius 3 is 2.38 bits per heavy atom. The van der Waals surface area contributed by atoms with Crippen LogP contribution >= 0.6 is 39.0 Å². The van der Waals surface area contributed by atoms with E-state index in [-0.39, 0.29) is 16.4 Å². The van der Waals surface area contributed by atoms with Gasteiger partial charge in [-0.15, -0.1) is 0 Å². The topological polar surface area (TPSA) is 132 Å². The van der Waals surface area contributed by atoms with Gasteiger partial charge in [0.2, 0.25) is 17.7 Å². The van der Waals surface area contributed by atoms with Gasteiger partial charge < -0.3 is 5.32 Å². The van der Waals surface area contributed by atoms with Crippen LogP contribution in [0.15, 0.2) is 87.1 Å². The quantitative estimate of drug-likeness (QED) is 0.146. The predicted octanol–water partition coefficient (Wildman–Crippen LogP) is 6.03. The molecule has 3 unspecified atom stereocenters. The average molecular weight is 720 g/mol. The molecule has 3 amide bonds. The van der Waals surface area contributed by atoms with Gasteiger partial charge in [-0.3, -0.25) is 33.9 Å². The van der Waals surface area contributed by atoms with Gasteiger partial charge in [-0.2, -0.15) is 13.2 Å². The minimum Gasteiger partial charge on any atom is -0.324 e. The molecule has 3 atom stereocenters. The first-order valence-electron chi connectivity index (χ1n) is 13.1. The second-order valence-corrected chi connectivity index (χ2v) is 13.1. The van der Waals surface area contributed by atoms with Crippen LogP contribution in [-0.4, -0.2) is 32.5 Å². The summed E-state index contributed by atoms with van der Waals surface area (Å²) in [6.07, 6.45) is -4.73. The number of imide groups is 1. The van der Waals surface area contributed by atoms with Gasteiger partial charge in [0, 0.05) is 27.4 Å². The van der Waals surface area contributed by atoms with Gasteiger partial charge in [0.1, 0.15) is 11.8 Å². The number of rotatable bonds is 6. The minimum atomic E-state index is -4.73. The first-order chi connectivity index (χ1) is 21.3. The molecule has 16 heteroatoms. The zero-order chi connectivity index (χ0) is 32.2. The number of amides is 3. The molecule has 1 fully saturated rings. The molecule has 4 aromatic rings. The van der Waals surface area contributed by atoms with Crippen molar-refractivity contribution in [3.8, 4) is 0 Å². The maximum Gasteiger partial charge on any atom is 0.418 e. The number of carbonyl (C=O) groups is 3. The number of hydrogen-bond acceptors (Lipinski definition) is 8. The molecule has 3 aromatic carbocycles. The first-order valence-corrected chi connectivity index (χ1v) is 15.6. The van der Waals surface area contributed by atoms with Crippen molar-refractivity contribution < 1.29 is 32.5 Å². The number of aromatic nitrogens is 1. The maximum absolute atomic E-state index is 13.9. The Labute approximate surface area is 268 Å². The van der Waals surface area contributed by atoms with E-state index in [1.807, 2.05) is 0 Å². The van der Waals surface area contributed by atoms with E-state index in [9.17, 15) is 42.5 Å². The van der Waals surface area contributed by atoms with Crippen molar-refractivity contribution in [2.24, 2.45) is 5.92 Å². The van der Waals surface area contributed by atoms with Crippen molar-refractivity contribution in [3.05, 3.63) is 113 Å². The lowest BCUT2D eigenvalue weighted by molar-refractivity contribution is -0.384. The highest BCUT2D eigenvalue weighted by Crippen LogP contribution is 2.54. The summed E-state index contributed by atoms with van der Waals surface area (Å²) >= 11 is 5.14. The van der Waals surface area contributed by atoms with Gasteiger partial charge in [0.05, 0.1) is 32.8 Å². The van der Waals surface area contributed by atoms with Gasteiger partial charge in [-0.05, 0) is 42.0 Å². The molecule has 2 aliphatic rings. The summed E-state index contributed by atoms with van der Waals surface area (Å²) in [4.78, 5) is 65.4. The molecule has 6 rings (SSSR count). The third-order valence-corrected chi connectivity index (χ3v) is 10.5. The van der Waals surface area contributed by atoms with E-state index in [0.29, 0.717) is 14.9 Å². The lowest BCUT2D eigenvalue weighted by atomic mass is 9.83. The van der Waals surface area contributed by atoms with E-state index in [1.165, 1.54) is 36.4 Å². The monoisotopic (exact) mass is 718 g/mol. The number of hydrogen-bond donors (Lipinski definition) is 1. The summed E-state index contributed by atoms with van der Waals surface area (Å²) in [5, 5.41) is 12.6. The van der Waals surface area contributed by atoms with E-state index in [4.69, 9.17) is 0 Å². The van der Waals surface area contributed by atoms with Crippen LogP contribution in [-0.2, 0) is 27.1 Å². The molecule has 0 radical (unpaired) electrons. The molecule has 0 bridgehead atoms. The number of thioether (sulfide) groups is 1. The number of benzene rings is 3. The predicted molar refractivity (Wildman–Crippen MR) is 163 cm³/mol. The van der Waals surface area contributed by atoms with E-state index in [0.717, 1.165) is 44.7 Å². The average Bonchev–Trinajstić information content (AvgIpc) is 3.43. The highest BCUT2D eigenvalue weighted by atomic mass is 79.9. The Bertz CT molecular complexity index is 1950. The fourth-order valence-corrected chi connectivity index (χ4v) is 8.66.